The summed E-state index contributed by atoms with van der Waals surface area (Å²) in [6.07, 6.45) is 3.44. The quantitative estimate of drug-likeness (QED) is 0.593. The average Bonchev–Trinajstić information content (AvgIpc) is 2.77. The molecule has 3 rings (SSSR count). The number of aliphatic hydroxyl groups is 1. The fourth-order valence-corrected chi connectivity index (χ4v) is 4.12. The van der Waals surface area contributed by atoms with E-state index in [2.05, 4.69) is 29.0 Å². The minimum absolute atomic E-state index is 0.168. The first-order chi connectivity index (χ1) is 15.2. The average molecular weight is 440 g/mol. The molecule has 1 amide bonds. The van der Waals surface area contributed by atoms with E-state index < -0.39 is 11.5 Å². The lowest BCUT2D eigenvalue weighted by Crippen LogP contribution is -2.46. The maximum absolute atomic E-state index is 11.2. The number of benzene rings is 2. The molecule has 1 heterocycles. The topological polar surface area (TPSA) is 79.0 Å². The molecule has 174 valence electrons. The lowest BCUT2D eigenvalue weighted by molar-refractivity contribution is -0.0254. The first-order valence-electron chi connectivity index (χ1n) is 11.6. The highest BCUT2D eigenvalue weighted by molar-refractivity contribution is 5.92. The highest BCUT2D eigenvalue weighted by Gasteiger charge is 2.32. The van der Waals surface area contributed by atoms with Gasteiger partial charge in [-0.1, -0.05) is 12.1 Å². The number of anilines is 1. The predicted molar refractivity (Wildman–Crippen MR) is 129 cm³/mol. The Bertz CT molecular complexity index is 857. The number of nitrogens with zero attached hydrogens (tertiary/aromatic N) is 2. The van der Waals surface area contributed by atoms with Crippen LogP contribution in [0.25, 0.3) is 0 Å². The Labute approximate surface area is 192 Å². The van der Waals surface area contributed by atoms with Gasteiger partial charge in [0.1, 0.15) is 5.75 Å². The summed E-state index contributed by atoms with van der Waals surface area (Å²) >= 11 is 0. The second kappa shape index (κ2) is 10.8. The van der Waals surface area contributed by atoms with Gasteiger partial charge in [-0.15, -0.1) is 0 Å². The third-order valence-corrected chi connectivity index (χ3v) is 6.30. The molecule has 2 aromatic rings. The fraction of sp³-hybridized carbons (Fsp3) is 0.500. The molecule has 0 radical (unpaired) electrons. The van der Waals surface area contributed by atoms with Gasteiger partial charge in [0.2, 0.25) is 5.91 Å². The summed E-state index contributed by atoms with van der Waals surface area (Å²) in [7, 11) is 2.07. The van der Waals surface area contributed by atoms with Crippen molar-refractivity contribution >= 4 is 11.6 Å². The molecule has 0 unspecified atom stereocenters. The molecule has 0 aliphatic carbocycles. The number of ether oxygens (including phenoxy) is 1. The number of nitrogens with two attached hydrogens (primary N) is 1. The lowest BCUT2D eigenvalue weighted by atomic mass is 9.88. The second-order valence-electron chi connectivity index (χ2n) is 9.21. The van der Waals surface area contributed by atoms with Crippen molar-refractivity contribution in [2.24, 2.45) is 5.73 Å². The Hall–Kier alpha value is -2.57. The Kier molecular flexibility index (Phi) is 8.15. The Balaban J connectivity index is 1.41. The molecule has 2 aromatic carbocycles. The molecule has 0 spiro atoms. The van der Waals surface area contributed by atoms with Crippen LogP contribution in [-0.4, -0.2) is 60.8 Å². The van der Waals surface area contributed by atoms with Crippen LogP contribution in [0.15, 0.2) is 48.5 Å². The summed E-state index contributed by atoms with van der Waals surface area (Å²) in [6.45, 7) is 7.62. The number of carbonyl (C=O) groups is 1. The molecule has 6 heteroatoms. The van der Waals surface area contributed by atoms with Crippen LogP contribution in [0.5, 0.6) is 5.75 Å². The molecule has 32 heavy (non-hydrogen) atoms. The number of carbonyl (C=O) groups excluding carboxylic acids is 1. The van der Waals surface area contributed by atoms with E-state index in [1.165, 1.54) is 5.56 Å². The standard InChI is InChI=1S/C26H37N3O3/c1-20(2)32-24-10-8-23(9-11-24)28(3)17-13-26(31)14-18-29(19-15-26)16-12-21-4-6-22(7-5-21)25(27)30/h4-11,20,31H,12-19H2,1-3H3,(H2,27,30). The molecular formula is C26H37N3O3. The lowest BCUT2D eigenvalue weighted by Gasteiger charge is -2.39. The van der Waals surface area contributed by atoms with E-state index in [4.69, 9.17) is 10.5 Å². The first kappa shape index (κ1) is 24.1. The maximum atomic E-state index is 11.2. The monoisotopic (exact) mass is 439 g/mol. The van der Waals surface area contributed by atoms with E-state index in [0.717, 1.165) is 63.3 Å². The van der Waals surface area contributed by atoms with Crippen LogP contribution in [0, 0.1) is 0 Å². The molecule has 1 fully saturated rings. The molecule has 0 saturated carbocycles. The normalized spacial score (nSPS) is 16.2. The minimum atomic E-state index is -0.603. The predicted octanol–water partition coefficient (Wildman–Crippen LogP) is 3.47. The van der Waals surface area contributed by atoms with E-state index >= 15 is 0 Å². The molecule has 1 saturated heterocycles. The largest absolute Gasteiger partial charge is 0.491 e. The van der Waals surface area contributed by atoms with E-state index in [1.807, 2.05) is 38.1 Å². The molecular weight excluding hydrogens is 402 g/mol. The van der Waals surface area contributed by atoms with Crippen LogP contribution in [0.2, 0.25) is 0 Å². The molecule has 3 N–H and O–H groups in total. The van der Waals surface area contributed by atoms with Gasteiger partial charge < -0.3 is 25.4 Å². The number of rotatable bonds is 10. The van der Waals surface area contributed by atoms with E-state index in [0.29, 0.717) is 5.56 Å². The molecule has 6 nitrogen and oxygen atoms in total. The van der Waals surface area contributed by atoms with Crippen LogP contribution in [-0.2, 0) is 6.42 Å². The zero-order valence-corrected chi connectivity index (χ0v) is 19.6. The van der Waals surface area contributed by atoms with Gasteiger partial charge in [0.25, 0.3) is 0 Å². The van der Waals surface area contributed by atoms with Crippen LogP contribution in [0.3, 0.4) is 0 Å². The van der Waals surface area contributed by atoms with Gasteiger partial charge in [0.15, 0.2) is 0 Å². The fourth-order valence-electron chi connectivity index (χ4n) is 4.12. The third kappa shape index (κ3) is 6.97. The second-order valence-corrected chi connectivity index (χ2v) is 9.21. The van der Waals surface area contributed by atoms with Gasteiger partial charge in [0.05, 0.1) is 11.7 Å². The number of primary amides is 1. The molecule has 1 aliphatic heterocycles. The minimum Gasteiger partial charge on any atom is -0.491 e. The SMILES string of the molecule is CC(C)Oc1ccc(N(C)CCC2(O)CCN(CCc3ccc(C(N)=O)cc3)CC2)cc1. The molecule has 0 bridgehead atoms. The Morgan fingerprint density at radius 3 is 2.31 bits per heavy atom. The van der Waals surface area contributed by atoms with E-state index in [9.17, 15) is 9.90 Å². The first-order valence-corrected chi connectivity index (χ1v) is 11.6. The van der Waals surface area contributed by atoms with Gasteiger partial charge in [-0.05, 0) is 81.5 Å². The highest BCUT2D eigenvalue weighted by atomic mass is 16.5. The van der Waals surface area contributed by atoms with Crippen molar-refractivity contribution in [1.29, 1.82) is 0 Å². The van der Waals surface area contributed by atoms with Gasteiger partial charge in [-0.3, -0.25) is 4.79 Å². The smallest absolute Gasteiger partial charge is 0.248 e. The summed E-state index contributed by atoms with van der Waals surface area (Å²) in [5.41, 5.74) is 7.57. The molecule has 0 aromatic heterocycles. The van der Waals surface area contributed by atoms with Crippen molar-refractivity contribution in [3.8, 4) is 5.75 Å². The number of amides is 1. The van der Waals surface area contributed by atoms with Crippen molar-refractivity contribution in [2.45, 2.75) is 51.2 Å². The van der Waals surface area contributed by atoms with Crippen molar-refractivity contribution in [1.82, 2.24) is 4.90 Å². The third-order valence-electron chi connectivity index (χ3n) is 6.30. The Morgan fingerprint density at radius 1 is 1.12 bits per heavy atom. The maximum Gasteiger partial charge on any atom is 0.248 e. The van der Waals surface area contributed by atoms with E-state index in [-0.39, 0.29) is 6.10 Å². The zero-order valence-electron chi connectivity index (χ0n) is 19.6. The van der Waals surface area contributed by atoms with Gasteiger partial charge in [-0.25, -0.2) is 0 Å². The number of hydrogen-bond acceptors (Lipinski definition) is 5. The van der Waals surface area contributed by atoms with Crippen molar-refractivity contribution in [3.05, 3.63) is 59.7 Å². The summed E-state index contributed by atoms with van der Waals surface area (Å²) in [5.74, 6) is 0.488. The highest BCUT2D eigenvalue weighted by Crippen LogP contribution is 2.27. The van der Waals surface area contributed by atoms with Crippen LogP contribution < -0.4 is 15.4 Å². The summed E-state index contributed by atoms with van der Waals surface area (Å²) < 4.78 is 5.71. The van der Waals surface area contributed by atoms with Gasteiger partial charge >= 0.3 is 0 Å². The number of piperidine rings is 1. The summed E-state index contributed by atoms with van der Waals surface area (Å²) in [5, 5.41) is 11.1. The molecule has 1 aliphatic rings. The van der Waals surface area contributed by atoms with Crippen molar-refractivity contribution < 1.29 is 14.6 Å². The van der Waals surface area contributed by atoms with E-state index in [1.54, 1.807) is 12.1 Å². The number of hydrogen-bond donors (Lipinski definition) is 2. The summed E-state index contributed by atoms with van der Waals surface area (Å²) in [4.78, 5) is 15.8. The van der Waals surface area contributed by atoms with Crippen LogP contribution >= 0.6 is 0 Å². The van der Waals surface area contributed by atoms with Crippen molar-refractivity contribution in [2.75, 3.05) is 38.1 Å². The Morgan fingerprint density at radius 2 is 1.75 bits per heavy atom. The van der Waals surface area contributed by atoms with Crippen LogP contribution in [0.4, 0.5) is 5.69 Å². The summed E-state index contributed by atoms with van der Waals surface area (Å²) in [6, 6.07) is 15.7. The van der Waals surface area contributed by atoms with Gasteiger partial charge in [-0.2, -0.15) is 0 Å². The van der Waals surface area contributed by atoms with Crippen LogP contribution in [0.1, 0.15) is 49.0 Å². The molecule has 0 atom stereocenters. The zero-order chi connectivity index (χ0) is 23.1. The number of likely N-dealkylation sites (tertiary alicyclic amines) is 1. The van der Waals surface area contributed by atoms with Gasteiger partial charge in [0, 0.05) is 44.5 Å². The van der Waals surface area contributed by atoms with Crippen molar-refractivity contribution in [3.63, 3.8) is 0 Å².